The van der Waals surface area contributed by atoms with Gasteiger partial charge in [-0.2, -0.15) is 0 Å². The number of carbonyl (C=O) groups excluding carboxylic acids is 1. The third kappa shape index (κ3) is 3.38. The number of likely N-dealkylation sites (tertiary alicyclic amines) is 1. The molecule has 0 atom stereocenters. The third-order valence-electron chi connectivity index (χ3n) is 3.56. The molecule has 2 heterocycles. The molecule has 1 saturated heterocycles. The third-order valence-corrected chi connectivity index (χ3v) is 3.56. The molecular formula is C13H22N2O3. The molecular weight excluding hydrogens is 232 g/mol. The molecule has 0 saturated carbocycles. The lowest BCUT2D eigenvalue weighted by molar-refractivity contribution is -0.133. The Labute approximate surface area is 108 Å². The van der Waals surface area contributed by atoms with Crippen molar-refractivity contribution in [2.45, 2.75) is 19.3 Å². The number of ether oxygens (including phenoxy) is 2. The molecule has 1 fully saturated rings. The molecule has 0 unspecified atom stereocenters. The van der Waals surface area contributed by atoms with Crippen LogP contribution in [0.4, 0.5) is 0 Å². The maximum atomic E-state index is 12.1. The Morgan fingerprint density at radius 3 is 2.83 bits per heavy atom. The maximum absolute atomic E-state index is 12.1. The Hall–Kier alpha value is -1.23. The molecule has 0 aromatic heterocycles. The zero-order valence-corrected chi connectivity index (χ0v) is 11.0. The highest BCUT2D eigenvalue weighted by molar-refractivity contribution is 5.91. The summed E-state index contributed by atoms with van der Waals surface area (Å²) in [6, 6.07) is 0. The molecule has 0 bridgehead atoms. The molecule has 0 radical (unpaired) electrons. The van der Waals surface area contributed by atoms with Crippen LogP contribution in [0.3, 0.4) is 0 Å². The summed E-state index contributed by atoms with van der Waals surface area (Å²) in [6.07, 6.45) is 4.81. The summed E-state index contributed by atoms with van der Waals surface area (Å²) in [5.74, 6) is 1.07. The van der Waals surface area contributed by atoms with Crippen molar-refractivity contribution in [1.82, 2.24) is 10.2 Å². The zero-order chi connectivity index (χ0) is 12.8. The Kier molecular flexibility index (Phi) is 4.87. The first-order chi connectivity index (χ1) is 8.81. The molecule has 18 heavy (non-hydrogen) atoms. The highest BCUT2D eigenvalue weighted by Crippen LogP contribution is 2.21. The summed E-state index contributed by atoms with van der Waals surface area (Å²) < 4.78 is 10.4. The molecule has 1 N–H and O–H groups in total. The van der Waals surface area contributed by atoms with E-state index in [9.17, 15) is 4.79 Å². The molecule has 5 nitrogen and oxygen atoms in total. The number of carbonyl (C=O) groups is 1. The van der Waals surface area contributed by atoms with Crippen molar-refractivity contribution in [1.29, 1.82) is 0 Å². The Balaban J connectivity index is 1.78. The van der Waals surface area contributed by atoms with Crippen molar-refractivity contribution in [3.8, 4) is 0 Å². The van der Waals surface area contributed by atoms with Gasteiger partial charge >= 0.3 is 0 Å². The first-order valence-corrected chi connectivity index (χ1v) is 6.69. The van der Waals surface area contributed by atoms with Crippen molar-refractivity contribution in [3.05, 3.63) is 12.0 Å². The van der Waals surface area contributed by atoms with Gasteiger partial charge in [0.15, 0.2) is 0 Å². The van der Waals surface area contributed by atoms with E-state index in [0.717, 1.165) is 38.4 Å². The van der Waals surface area contributed by atoms with Crippen LogP contribution >= 0.6 is 0 Å². The number of nitrogens with zero attached hydrogens (tertiary/aromatic N) is 1. The van der Waals surface area contributed by atoms with Crippen LogP contribution in [0, 0.1) is 5.92 Å². The van der Waals surface area contributed by atoms with Gasteiger partial charge in [-0.25, -0.2) is 0 Å². The van der Waals surface area contributed by atoms with Crippen LogP contribution in [-0.2, 0) is 14.3 Å². The smallest absolute Gasteiger partial charge is 0.292 e. The zero-order valence-electron chi connectivity index (χ0n) is 11.0. The molecule has 2 aliphatic rings. The first-order valence-electron chi connectivity index (χ1n) is 6.69. The standard InChI is InChI=1S/C13H22N2O3/c1-14-5-2-11-3-6-15(7-4-11)13(16)12-10-17-8-9-18-12/h10-11,14H,2-9H2,1H3. The number of hydrogen-bond acceptors (Lipinski definition) is 4. The lowest BCUT2D eigenvalue weighted by atomic mass is 9.93. The second-order valence-corrected chi connectivity index (χ2v) is 4.83. The molecule has 1 amide bonds. The van der Waals surface area contributed by atoms with Gasteiger partial charge in [0.25, 0.3) is 5.91 Å². The topological polar surface area (TPSA) is 50.8 Å². The fourth-order valence-electron chi connectivity index (χ4n) is 2.41. The number of hydrogen-bond donors (Lipinski definition) is 1. The van der Waals surface area contributed by atoms with E-state index < -0.39 is 0 Å². The fourth-order valence-corrected chi connectivity index (χ4v) is 2.41. The van der Waals surface area contributed by atoms with Gasteiger partial charge in [0.2, 0.25) is 5.76 Å². The number of amides is 1. The second kappa shape index (κ2) is 6.64. The first kappa shape index (κ1) is 13.2. The molecule has 0 spiro atoms. The van der Waals surface area contributed by atoms with Gasteiger partial charge in [-0.15, -0.1) is 0 Å². The van der Waals surface area contributed by atoms with Crippen LogP contribution in [0.25, 0.3) is 0 Å². The van der Waals surface area contributed by atoms with Crippen molar-refractivity contribution >= 4 is 5.91 Å². The van der Waals surface area contributed by atoms with E-state index in [0.29, 0.717) is 19.0 Å². The van der Waals surface area contributed by atoms with Gasteiger partial charge in [0.1, 0.15) is 19.5 Å². The van der Waals surface area contributed by atoms with Crippen LogP contribution < -0.4 is 5.32 Å². The Morgan fingerprint density at radius 2 is 2.22 bits per heavy atom. The minimum atomic E-state index is -0.0261. The lowest BCUT2D eigenvalue weighted by Gasteiger charge is -2.32. The van der Waals surface area contributed by atoms with Crippen LogP contribution in [0.15, 0.2) is 12.0 Å². The van der Waals surface area contributed by atoms with Crippen LogP contribution in [-0.4, -0.2) is 50.7 Å². The predicted octanol–water partition coefficient (Wildman–Crippen LogP) is 0.723. The van der Waals surface area contributed by atoms with Gasteiger partial charge < -0.3 is 19.7 Å². The predicted molar refractivity (Wildman–Crippen MR) is 67.8 cm³/mol. The molecule has 0 aliphatic carbocycles. The van der Waals surface area contributed by atoms with Crippen LogP contribution in [0.2, 0.25) is 0 Å². The molecule has 0 aromatic carbocycles. The highest BCUT2D eigenvalue weighted by Gasteiger charge is 2.26. The molecule has 2 aliphatic heterocycles. The average molecular weight is 254 g/mol. The minimum absolute atomic E-state index is 0.0261. The molecule has 102 valence electrons. The van der Waals surface area contributed by atoms with E-state index in [1.807, 2.05) is 11.9 Å². The van der Waals surface area contributed by atoms with Gasteiger partial charge in [-0.05, 0) is 38.8 Å². The van der Waals surface area contributed by atoms with Crippen molar-refractivity contribution in [2.24, 2.45) is 5.92 Å². The van der Waals surface area contributed by atoms with E-state index in [1.54, 1.807) is 0 Å². The highest BCUT2D eigenvalue weighted by atomic mass is 16.6. The van der Waals surface area contributed by atoms with E-state index >= 15 is 0 Å². The van der Waals surface area contributed by atoms with E-state index in [1.165, 1.54) is 12.7 Å². The Morgan fingerprint density at radius 1 is 1.44 bits per heavy atom. The summed E-state index contributed by atoms with van der Waals surface area (Å²) in [5, 5.41) is 3.17. The van der Waals surface area contributed by atoms with Crippen LogP contribution in [0.5, 0.6) is 0 Å². The Bertz CT molecular complexity index is 309. The summed E-state index contributed by atoms with van der Waals surface area (Å²) in [6.45, 7) is 3.71. The quantitative estimate of drug-likeness (QED) is 0.803. The number of rotatable bonds is 4. The second-order valence-electron chi connectivity index (χ2n) is 4.83. The largest absolute Gasteiger partial charge is 0.494 e. The average Bonchev–Trinajstić information content (AvgIpc) is 2.46. The van der Waals surface area contributed by atoms with Gasteiger partial charge in [0, 0.05) is 13.1 Å². The monoisotopic (exact) mass is 254 g/mol. The number of piperidine rings is 1. The summed E-state index contributed by atoms with van der Waals surface area (Å²) in [7, 11) is 1.98. The van der Waals surface area contributed by atoms with E-state index in [-0.39, 0.29) is 5.91 Å². The van der Waals surface area contributed by atoms with Crippen molar-refractivity contribution in [2.75, 3.05) is 39.9 Å². The summed E-state index contributed by atoms with van der Waals surface area (Å²) >= 11 is 0. The molecule has 5 heteroatoms. The van der Waals surface area contributed by atoms with E-state index in [4.69, 9.17) is 9.47 Å². The van der Waals surface area contributed by atoms with Crippen molar-refractivity contribution < 1.29 is 14.3 Å². The molecule has 0 aromatic rings. The van der Waals surface area contributed by atoms with Gasteiger partial charge in [-0.3, -0.25) is 4.79 Å². The van der Waals surface area contributed by atoms with E-state index in [2.05, 4.69) is 5.32 Å². The summed E-state index contributed by atoms with van der Waals surface area (Å²) in [5.41, 5.74) is 0. The maximum Gasteiger partial charge on any atom is 0.292 e. The van der Waals surface area contributed by atoms with Crippen LogP contribution in [0.1, 0.15) is 19.3 Å². The summed E-state index contributed by atoms with van der Waals surface area (Å²) in [4.78, 5) is 14.0. The van der Waals surface area contributed by atoms with Gasteiger partial charge in [0.05, 0.1) is 0 Å². The number of nitrogens with one attached hydrogen (secondary N) is 1. The fraction of sp³-hybridized carbons (Fsp3) is 0.769. The van der Waals surface area contributed by atoms with Gasteiger partial charge in [-0.1, -0.05) is 0 Å². The SMILES string of the molecule is CNCCC1CCN(C(=O)C2=COCCO2)CC1. The molecule has 2 rings (SSSR count). The normalized spacial score (nSPS) is 20.9. The lowest BCUT2D eigenvalue weighted by Crippen LogP contribution is -2.40. The van der Waals surface area contributed by atoms with Crippen molar-refractivity contribution in [3.63, 3.8) is 0 Å². The minimum Gasteiger partial charge on any atom is -0.494 e.